The number of anilines is 2. The van der Waals surface area contributed by atoms with Gasteiger partial charge in [-0.3, -0.25) is 9.35 Å². The largest absolute Gasteiger partial charge is 0.324 e. The third-order valence-corrected chi connectivity index (χ3v) is 5.33. The maximum absolute atomic E-state index is 12.8. The van der Waals surface area contributed by atoms with E-state index in [4.69, 9.17) is 16.2 Å². The van der Waals surface area contributed by atoms with Crippen LogP contribution in [0.2, 0.25) is 5.02 Å². The summed E-state index contributed by atoms with van der Waals surface area (Å²) in [4.78, 5) is 12.8. The summed E-state index contributed by atoms with van der Waals surface area (Å²) >= 11 is 4.16. The molecule has 8 heteroatoms. The molecule has 156 valence electrons. The zero-order chi connectivity index (χ0) is 21.8. The maximum atomic E-state index is 12.8. The molecule has 4 aromatic rings. The Balaban J connectivity index is 1.86. The summed E-state index contributed by atoms with van der Waals surface area (Å²) in [5.41, 5.74) is 5.01. The van der Waals surface area contributed by atoms with Crippen molar-refractivity contribution in [3.8, 4) is 11.1 Å². The van der Waals surface area contributed by atoms with E-state index < -0.39 is 11.4 Å². The predicted molar refractivity (Wildman–Crippen MR) is 124 cm³/mol. The Kier molecular flexibility index (Phi) is 6.29. The van der Waals surface area contributed by atoms with Crippen molar-refractivity contribution in [3.63, 3.8) is 0 Å². The van der Waals surface area contributed by atoms with Crippen molar-refractivity contribution >= 4 is 51.0 Å². The first-order valence-corrected chi connectivity index (χ1v) is 10.7. The van der Waals surface area contributed by atoms with Crippen molar-refractivity contribution in [2.24, 2.45) is 0 Å². The van der Waals surface area contributed by atoms with E-state index in [-0.39, 0.29) is 16.6 Å². The molecular weight excluding hydrogens is 436 g/mol. The van der Waals surface area contributed by atoms with Crippen molar-refractivity contribution < 1.29 is 17.8 Å². The van der Waals surface area contributed by atoms with Gasteiger partial charge in [0.15, 0.2) is 0 Å². The van der Waals surface area contributed by atoms with E-state index in [1.807, 2.05) is 48.5 Å². The normalized spacial score (nSPS) is 11.8. The van der Waals surface area contributed by atoms with Crippen molar-refractivity contribution in [3.05, 3.63) is 95.5 Å². The maximum Gasteiger partial charge on any atom is 0.324 e. The number of rotatable bonds is 6. The van der Waals surface area contributed by atoms with Crippen LogP contribution in [-0.4, -0.2) is 14.7 Å². The Hall–Kier alpha value is -3.23. The van der Waals surface area contributed by atoms with Gasteiger partial charge < -0.3 is 5.32 Å². The van der Waals surface area contributed by atoms with Gasteiger partial charge in [0.2, 0.25) is 0 Å². The minimum atomic E-state index is -2.53. The standard InChI is InChI=1S/C23H17ClN2O4S/c24-22-20(26-30-31(28)29)14-13-19(25-23(27)16-8-2-1-3-9-16)21(22)18-12-6-10-15-7-4-5-11-17(15)18/h1-14,26H,(H,25,27)(H,28,29). The highest BCUT2D eigenvalue weighted by Gasteiger charge is 2.18. The van der Waals surface area contributed by atoms with Crippen molar-refractivity contribution in [2.45, 2.75) is 0 Å². The number of amides is 1. The molecule has 31 heavy (non-hydrogen) atoms. The summed E-state index contributed by atoms with van der Waals surface area (Å²) in [6.45, 7) is 0. The monoisotopic (exact) mass is 452 g/mol. The number of hydrogen-bond acceptors (Lipinski definition) is 4. The first kappa shape index (κ1) is 21.0. The number of carbonyl (C=O) groups excluding carboxylic acids is 1. The lowest BCUT2D eigenvalue weighted by Gasteiger charge is -2.18. The van der Waals surface area contributed by atoms with Crippen LogP contribution in [0.25, 0.3) is 21.9 Å². The SMILES string of the molecule is O=C(Nc1ccc(NOS(=O)O)c(Cl)c1-c1cccc2ccccc12)c1ccccc1. The molecule has 0 aromatic heterocycles. The Morgan fingerprint density at radius 1 is 0.871 bits per heavy atom. The number of hydrogen-bond donors (Lipinski definition) is 3. The van der Waals surface area contributed by atoms with Crippen molar-refractivity contribution in [1.29, 1.82) is 0 Å². The van der Waals surface area contributed by atoms with Gasteiger partial charge in [-0.25, -0.2) is 5.48 Å². The molecule has 0 heterocycles. The molecule has 4 rings (SSSR count). The summed E-state index contributed by atoms with van der Waals surface area (Å²) in [5, 5.41) is 5.09. The first-order valence-electron chi connectivity index (χ1n) is 9.26. The number of carbonyl (C=O) groups is 1. The Morgan fingerprint density at radius 3 is 2.32 bits per heavy atom. The van der Waals surface area contributed by atoms with Crippen LogP contribution < -0.4 is 10.8 Å². The number of halogens is 1. The lowest BCUT2D eigenvalue weighted by Crippen LogP contribution is -2.13. The molecule has 0 saturated carbocycles. The molecule has 3 N–H and O–H groups in total. The third-order valence-electron chi connectivity index (χ3n) is 4.71. The van der Waals surface area contributed by atoms with Crippen LogP contribution >= 0.6 is 11.6 Å². The number of benzene rings is 4. The minimum Gasteiger partial charge on any atom is -0.321 e. The van der Waals surface area contributed by atoms with Crippen LogP contribution in [0.4, 0.5) is 11.4 Å². The first-order chi connectivity index (χ1) is 15.0. The molecule has 0 saturated heterocycles. The van der Waals surface area contributed by atoms with E-state index in [1.165, 1.54) is 0 Å². The second-order valence-electron chi connectivity index (χ2n) is 6.60. The van der Waals surface area contributed by atoms with Crippen molar-refractivity contribution in [2.75, 3.05) is 10.8 Å². The Bertz CT molecular complexity index is 1280. The van der Waals surface area contributed by atoms with Gasteiger partial charge in [0.05, 0.1) is 16.4 Å². The smallest absolute Gasteiger partial charge is 0.321 e. The molecule has 1 unspecified atom stereocenters. The zero-order valence-corrected chi connectivity index (χ0v) is 17.6. The van der Waals surface area contributed by atoms with E-state index in [1.54, 1.807) is 36.4 Å². The molecule has 1 amide bonds. The topological polar surface area (TPSA) is 87.7 Å². The highest BCUT2D eigenvalue weighted by atomic mass is 35.5. The van der Waals surface area contributed by atoms with Crippen LogP contribution in [0.1, 0.15) is 10.4 Å². The fraction of sp³-hybridized carbons (Fsp3) is 0. The number of nitrogens with one attached hydrogen (secondary N) is 2. The summed E-state index contributed by atoms with van der Waals surface area (Å²) in [5.74, 6) is -0.286. The second kappa shape index (κ2) is 9.28. The Labute approximate surface area is 186 Å². The van der Waals surface area contributed by atoms with Gasteiger partial charge in [0.25, 0.3) is 5.91 Å². The predicted octanol–water partition coefficient (Wildman–Crippen LogP) is 5.89. The molecule has 0 fully saturated rings. The average molecular weight is 453 g/mol. The highest BCUT2D eigenvalue weighted by molar-refractivity contribution is 7.74. The van der Waals surface area contributed by atoms with Gasteiger partial charge in [-0.1, -0.05) is 72.3 Å². The molecule has 6 nitrogen and oxygen atoms in total. The van der Waals surface area contributed by atoms with Crippen LogP contribution in [0.15, 0.2) is 84.9 Å². The highest BCUT2D eigenvalue weighted by Crippen LogP contribution is 2.42. The van der Waals surface area contributed by atoms with Gasteiger partial charge in [0, 0.05) is 11.1 Å². The van der Waals surface area contributed by atoms with E-state index in [0.29, 0.717) is 16.8 Å². The van der Waals surface area contributed by atoms with Crippen LogP contribution in [0.3, 0.4) is 0 Å². The molecule has 0 aliphatic rings. The molecule has 0 aliphatic heterocycles. The lowest BCUT2D eigenvalue weighted by molar-refractivity contribution is 0.102. The van der Waals surface area contributed by atoms with Gasteiger partial charge >= 0.3 is 11.4 Å². The minimum absolute atomic E-state index is 0.229. The average Bonchev–Trinajstić information content (AvgIpc) is 2.79. The van der Waals surface area contributed by atoms with Gasteiger partial charge in [-0.05, 0) is 40.6 Å². The van der Waals surface area contributed by atoms with E-state index in [0.717, 1.165) is 16.3 Å². The van der Waals surface area contributed by atoms with E-state index in [9.17, 15) is 9.00 Å². The van der Waals surface area contributed by atoms with Gasteiger partial charge in [0.1, 0.15) is 0 Å². The molecule has 0 aliphatic carbocycles. The molecule has 1 atom stereocenters. The third kappa shape index (κ3) is 4.60. The summed E-state index contributed by atoms with van der Waals surface area (Å²) in [6, 6.07) is 25.6. The molecular formula is C23H17ClN2O4S. The van der Waals surface area contributed by atoms with Crippen molar-refractivity contribution in [1.82, 2.24) is 0 Å². The fourth-order valence-corrected chi connectivity index (χ4v) is 3.80. The zero-order valence-electron chi connectivity index (χ0n) is 16.0. The second-order valence-corrected chi connectivity index (χ2v) is 7.58. The molecule has 0 bridgehead atoms. The lowest BCUT2D eigenvalue weighted by atomic mass is 9.96. The van der Waals surface area contributed by atoms with Crippen LogP contribution in [0.5, 0.6) is 0 Å². The summed E-state index contributed by atoms with van der Waals surface area (Å²) in [6.07, 6.45) is 0. The van der Waals surface area contributed by atoms with Crippen LogP contribution in [-0.2, 0) is 15.6 Å². The Morgan fingerprint density at radius 2 is 1.55 bits per heavy atom. The van der Waals surface area contributed by atoms with E-state index in [2.05, 4.69) is 15.1 Å². The van der Waals surface area contributed by atoms with Gasteiger partial charge in [-0.15, -0.1) is 4.28 Å². The molecule has 0 radical (unpaired) electrons. The van der Waals surface area contributed by atoms with Crippen LogP contribution in [0, 0.1) is 0 Å². The summed E-state index contributed by atoms with van der Waals surface area (Å²) < 4.78 is 24.4. The fourth-order valence-electron chi connectivity index (χ4n) is 3.33. The quantitative estimate of drug-likeness (QED) is 0.250. The molecule has 0 spiro atoms. The van der Waals surface area contributed by atoms with E-state index >= 15 is 0 Å². The van der Waals surface area contributed by atoms with Gasteiger partial charge in [-0.2, -0.15) is 4.21 Å². The number of fused-ring (bicyclic) bond motifs is 1. The summed E-state index contributed by atoms with van der Waals surface area (Å²) in [7, 11) is 0. The molecule has 4 aromatic carbocycles.